The summed E-state index contributed by atoms with van der Waals surface area (Å²) in [6, 6.07) is 1.82. The second-order valence-corrected chi connectivity index (χ2v) is 9.78. The molecule has 5 rings (SSSR count). The second-order valence-electron chi connectivity index (χ2n) is 9.78. The molecule has 202 valence electrons. The van der Waals surface area contributed by atoms with Gasteiger partial charge in [-0.2, -0.15) is 10.2 Å². The van der Waals surface area contributed by atoms with E-state index in [1.54, 1.807) is 10.9 Å². The van der Waals surface area contributed by atoms with Gasteiger partial charge in [-0.3, -0.25) is 19.7 Å². The van der Waals surface area contributed by atoms with Gasteiger partial charge in [0.15, 0.2) is 0 Å². The maximum absolute atomic E-state index is 9.99. The Labute approximate surface area is 222 Å². The van der Waals surface area contributed by atoms with Crippen LogP contribution in [-0.4, -0.2) is 77.2 Å². The molecule has 0 amide bonds. The van der Waals surface area contributed by atoms with Gasteiger partial charge in [0, 0.05) is 25.5 Å². The monoisotopic (exact) mass is 520 g/mol. The number of ether oxygens (including phenoxy) is 2. The molecule has 4 aromatic heterocycles. The van der Waals surface area contributed by atoms with Crippen molar-refractivity contribution in [3.8, 4) is 23.0 Å². The van der Waals surface area contributed by atoms with E-state index in [0.717, 1.165) is 51.4 Å². The Morgan fingerprint density at radius 3 is 2.82 bits per heavy atom. The van der Waals surface area contributed by atoms with Crippen molar-refractivity contribution >= 4 is 23.1 Å². The van der Waals surface area contributed by atoms with Crippen molar-refractivity contribution in [1.29, 1.82) is 0 Å². The summed E-state index contributed by atoms with van der Waals surface area (Å²) in [6.45, 7) is 12.6. The van der Waals surface area contributed by atoms with Crippen LogP contribution in [0.5, 0.6) is 11.8 Å². The maximum Gasteiger partial charge on any atom is 0.240 e. The number of likely N-dealkylation sites (N-methyl/N-ethyl adjacent to an activating group) is 1. The average Bonchev–Trinajstić information content (AvgIpc) is 3.54. The minimum atomic E-state index is -0.208. The highest BCUT2D eigenvalue weighted by Crippen LogP contribution is 2.35. The highest BCUT2D eigenvalue weighted by atomic mass is 16.5. The van der Waals surface area contributed by atoms with E-state index in [9.17, 15) is 5.11 Å². The summed E-state index contributed by atoms with van der Waals surface area (Å²) >= 11 is 0. The molecule has 0 saturated carbocycles. The van der Waals surface area contributed by atoms with Gasteiger partial charge in [0.25, 0.3) is 0 Å². The van der Waals surface area contributed by atoms with E-state index in [2.05, 4.69) is 34.0 Å². The Morgan fingerprint density at radius 2 is 2.08 bits per heavy atom. The predicted octanol–water partition coefficient (Wildman–Crippen LogP) is 3.59. The molecule has 0 radical (unpaired) electrons. The van der Waals surface area contributed by atoms with Gasteiger partial charge in [-0.05, 0) is 52.5 Å². The molecule has 11 heteroatoms. The Hall–Kier alpha value is -3.70. The summed E-state index contributed by atoms with van der Waals surface area (Å²) < 4.78 is 16.1. The first-order chi connectivity index (χ1) is 18.3. The van der Waals surface area contributed by atoms with Crippen molar-refractivity contribution in [3.05, 3.63) is 34.9 Å². The van der Waals surface area contributed by atoms with Crippen LogP contribution in [0.25, 0.3) is 34.3 Å². The molecule has 2 atom stereocenters. The van der Waals surface area contributed by atoms with E-state index >= 15 is 0 Å². The molecule has 38 heavy (non-hydrogen) atoms. The number of aromatic amines is 1. The summed E-state index contributed by atoms with van der Waals surface area (Å²) in [5.41, 5.74) is 5.97. The third-order valence-electron chi connectivity index (χ3n) is 6.94. The second kappa shape index (κ2) is 10.6. The molecule has 0 spiro atoms. The molecule has 0 unspecified atom stereocenters. The number of fused-ring (bicyclic) bond motifs is 4. The lowest BCUT2D eigenvalue weighted by molar-refractivity contribution is 0.132. The van der Waals surface area contributed by atoms with Crippen molar-refractivity contribution < 1.29 is 14.6 Å². The number of H-pyrrole nitrogens is 1. The molecule has 1 aliphatic rings. The van der Waals surface area contributed by atoms with Gasteiger partial charge in [0.1, 0.15) is 6.10 Å². The predicted molar refractivity (Wildman–Crippen MR) is 146 cm³/mol. The number of aliphatic hydroxyl groups is 1. The fourth-order valence-electron chi connectivity index (χ4n) is 5.01. The van der Waals surface area contributed by atoms with Crippen LogP contribution >= 0.6 is 0 Å². The molecule has 4 aromatic rings. The highest BCUT2D eigenvalue weighted by Gasteiger charge is 2.25. The molecular formula is C27H36N8O3. The summed E-state index contributed by atoms with van der Waals surface area (Å²) in [5.74, 6) is 1.23. The Kier molecular flexibility index (Phi) is 7.22. The minimum Gasteiger partial charge on any atom is -0.476 e. The van der Waals surface area contributed by atoms with Crippen LogP contribution in [0.4, 0.5) is 0 Å². The summed E-state index contributed by atoms with van der Waals surface area (Å²) in [6.07, 6.45) is 5.66. The van der Waals surface area contributed by atoms with Crippen molar-refractivity contribution in [1.82, 2.24) is 39.6 Å². The number of hydrogen-bond acceptors (Lipinski definition) is 8. The van der Waals surface area contributed by atoms with Gasteiger partial charge in [0.05, 0.1) is 64.9 Å². The standard InChI is InChI=1S/C27H36N8O3/c1-7-34-13-17(4)38-27-25(18(5)31-33(27)6)22-11-20-21(29-30-23(20)12-28-22)10-9-19-24(14-34)35(16(3)15-36)32-26(19)37-8-2/h9-12,16-17,36H,7-8,13-15H2,1-6H3,(H,29,30)/b10-9+/t16-,17-/m0/s1. The van der Waals surface area contributed by atoms with Crippen molar-refractivity contribution in [2.24, 2.45) is 7.05 Å². The number of aryl methyl sites for hydroxylation is 2. The molecule has 0 saturated heterocycles. The summed E-state index contributed by atoms with van der Waals surface area (Å²) in [7, 11) is 1.89. The van der Waals surface area contributed by atoms with Gasteiger partial charge in [0.2, 0.25) is 11.8 Å². The van der Waals surface area contributed by atoms with E-state index in [4.69, 9.17) is 19.6 Å². The number of nitrogens with zero attached hydrogens (tertiary/aromatic N) is 7. The number of aromatic nitrogens is 7. The molecule has 5 heterocycles. The molecule has 2 N–H and O–H groups in total. The van der Waals surface area contributed by atoms with E-state index in [1.165, 1.54) is 0 Å². The summed E-state index contributed by atoms with van der Waals surface area (Å²) in [5, 5.41) is 28.0. The van der Waals surface area contributed by atoms with Crippen LogP contribution in [0.15, 0.2) is 12.3 Å². The van der Waals surface area contributed by atoms with Crippen LogP contribution in [0.2, 0.25) is 0 Å². The van der Waals surface area contributed by atoms with Crippen LogP contribution in [0, 0.1) is 6.92 Å². The maximum atomic E-state index is 9.99. The highest BCUT2D eigenvalue weighted by molar-refractivity contribution is 5.92. The van der Waals surface area contributed by atoms with Gasteiger partial charge < -0.3 is 14.6 Å². The minimum absolute atomic E-state index is 0.0303. The zero-order valence-corrected chi connectivity index (χ0v) is 22.9. The SMILES string of the molecule is CCOc1nn([C@@H](C)CO)c2c1/C=C/c1n[nH]c3cnc(cc13)-c1c(C)nn(C)c1O[C@@H](C)CN(CC)C2. The van der Waals surface area contributed by atoms with Gasteiger partial charge in [-0.25, -0.2) is 4.68 Å². The molecule has 11 nitrogen and oxygen atoms in total. The van der Waals surface area contributed by atoms with Crippen LogP contribution in [0.3, 0.4) is 0 Å². The molecule has 0 fully saturated rings. The largest absolute Gasteiger partial charge is 0.476 e. The quantitative estimate of drug-likeness (QED) is 0.410. The van der Waals surface area contributed by atoms with E-state index in [0.29, 0.717) is 31.5 Å². The molecule has 2 bridgehead atoms. The molecule has 0 aliphatic carbocycles. The Balaban J connectivity index is 1.73. The van der Waals surface area contributed by atoms with E-state index in [1.807, 2.05) is 50.7 Å². The van der Waals surface area contributed by atoms with Gasteiger partial charge in [-0.15, -0.1) is 5.10 Å². The smallest absolute Gasteiger partial charge is 0.240 e. The van der Waals surface area contributed by atoms with Crippen molar-refractivity contribution in [3.63, 3.8) is 0 Å². The number of rotatable bonds is 5. The molecule has 1 aliphatic heterocycles. The van der Waals surface area contributed by atoms with Crippen LogP contribution in [-0.2, 0) is 13.6 Å². The zero-order chi connectivity index (χ0) is 27.0. The summed E-state index contributed by atoms with van der Waals surface area (Å²) in [4.78, 5) is 7.02. The van der Waals surface area contributed by atoms with Gasteiger partial charge >= 0.3 is 0 Å². The van der Waals surface area contributed by atoms with Gasteiger partial charge in [-0.1, -0.05) is 6.92 Å². The number of hydrogen-bond donors (Lipinski definition) is 2. The lowest BCUT2D eigenvalue weighted by atomic mass is 10.1. The molecular weight excluding hydrogens is 484 g/mol. The molecule has 0 aromatic carbocycles. The number of nitrogens with one attached hydrogen (secondary N) is 1. The third kappa shape index (κ3) is 4.67. The average molecular weight is 521 g/mol. The Morgan fingerprint density at radius 1 is 1.26 bits per heavy atom. The number of pyridine rings is 1. The topological polar surface area (TPSA) is 119 Å². The lowest BCUT2D eigenvalue weighted by Gasteiger charge is -2.26. The first-order valence-electron chi connectivity index (χ1n) is 13.1. The fraction of sp³-hybridized carbons (Fsp3) is 0.481. The first kappa shape index (κ1) is 25.9. The zero-order valence-electron chi connectivity index (χ0n) is 22.9. The van der Waals surface area contributed by atoms with E-state index in [-0.39, 0.29) is 18.8 Å². The van der Waals surface area contributed by atoms with Crippen molar-refractivity contribution in [2.75, 3.05) is 26.3 Å². The third-order valence-corrected chi connectivity index (χ3v) is 6.94. The van der Waals surface area contributed by atoms with Crippen molar-refractivity contribution in [2.45, 2.75) is 53.3 Å². The van der Waals surface area contributed by atoms with Crippen LogP contribution < -0.4 is 9.47 Å². The number of aliphatic hydroxyl groups excluding tert-OH is 1. The first-order valence-corrected chi connectivity index (χ1v) is 13.1. The van der Waals surface area contributed by atoms with Crippen LogP contribution in [0.1, 0.15) is 56.4 Å². The lowest BCUT2D eigenvalue weighted by Crippen LogP contribution is -2.35. The fourth-order valence-corrected chi connectivity index (χ4v) is 5.01. The Bertz CT molecular complexity index is 1470. The van der Waals surface area contributed by atoms with E-state index < -0.39 is 0 Å². The normalized spacial score (nSPS) is 17.9.